The topological polar surface area (TPSA) is 20.3 Å². The van der Waals surface area contributed by atoms with E-state index in [1.54, 1.807) is 0 Å². The molecule has 0 aromatic heterocycles. The zero-order chi connectivity index (χ0) is 12.3. The van der Waals surface area contributed by atoms with Crippen LogP contribution >= 0.6 is 0 Å². The van der Waals surface area contributed by atoms with Crippen molar-refractivity contribution in [1.29, 1.82) is 0 Å². The van der Waals surface area contributed by atoms with Crippen LogP contribution in [0.3, 0.4) is 0 Å². The Hall–Kier alpha value is -0.790. The number of amides is 1. The summed E-state index contributed by atoms with van der Waals surface area (Å²) in [5.74, 6) is 2.34. The molecular formula is C14H25NO. The number of carbonyl (C=O) groups is 1. The van der Waals surface area contributed by atoms with E-state index >= 15 is 0 Å². The Kier molecular flexibility index (Phi) is 4.57. The van der Waals surface area contributed by atoms with Crippen molar-refractivity contribution in [3.05, 3.63) is 12.7 Å². The van der Waals surface area contributed by atoms with Crippen LogP contribution in [-0.2, 0) is 4.79 Å². The van der Waals surface area contributed by atoms with Crippen molar-refractivity contribution in [3.8, 4) is 0 Å². The van der Waals surface area contributed by atoms with E-state index < -0.39 is 0 Å². The van der Waals surface area contributed by atoms with E-state index in [9.17, 15) is 4.79 Å². The summed E-state index contributed by atoms with van der Waals surface area (Å²) < 4.78 is 0. The van der Waals surface area contributed by atoms with E-state index in [2.05, 4.69) is 34.3 Å². The van der Waals surface area contributed by atoms with E-state index in [-0.39, 0.29) is 5.91 Å². The first-order chi connectivity index (χ1) is 7.47. The third-order valence-electron chi connectivity index (χ3n) is 4.17. The average molecular weight is 223 g/mol. The van der Waals surface area contributed by atoms with Gasteiger partial charge in [0.25, 0.3) is 0 Å². The summed E-state index contributed by atoms with van der Waals surface area (Å²) in [5.41, 5.74) is 0. The van der Waals surface area contributed by atoms with E-state index in [1.807, 2.05) is 4.90 Å². The molecule has 0 radical (unpaired) electrons. The molecule has 1 rings (SSSR count). The molecule has 1 aliphatic rings. The molecule has 1 saturated heterocycles. The Balaban J connectivity index is 2.57. The van der Waals surface area contributed by atoms with Gasteiger partial charge >= 0.3 is 0 Å². The van der Waals surface area contributed by atoms with Gasteiger partial charge in [0, 0.05) is 12.6 Å². The van der Waals surface area contributed by atoms with E-state index in [4.69, 9.17) is 0 Å². The van der Waals surface area contributed by atoms with Gasteiger partial charge in [-0.05, 0) is 43.6 Å². The first-order valence-electron chi connectivity index (χ1n) is 6.40. The minimum atomic E-state index is 0.0863. The minimum absolute atomic E-state index is 0.0863. The van der Waals surface area contributed by atoms with Gasteiger partial charge in [-0.25, -0.2) is 0 Å². The van der Waals surface area contributed by atoms with Crippen LogP contribution in [0.25, 0.3) is 0 Å². The van der Waals surface area contributed by atoms with Gasteiger partial charge in [-0.15, -0.1) is 0 Å². The maximum atomic E-state index is 11.6. The highest BCUT2D eigenvalue weighted by Crippen LogP contribution is 2.32. The second-order valence-corrected chi connectivity index (χ2v) is 5.47. The molecule has 1 amide bonds. The fourth-order valence-electron chi connectivity index (χ4n) is 2.68. The minimum Gasteiger partial charge on any atom is -0.336 e. The molecular weight excluding hydrogens is 198 g/mol. The molecule has 0 saturated carbocycles. The van der Waals surface area contributed by atoms with Crippen molar-refractivity contribution in [2.45, 2.75) is 46.6 Å². The quantitative estimate of drug-likeness (QED) is 0.673. The number of rotatable bonds is 3. The molecule has 16 heavy (non-hydrogen) atoms. The lowest BCUT2D eigenvalue weighted by atomic mass is 9.77. The van der Waals surface area contributed by atoms with Crippen LogP contribution in [0.4, 0.5) is 0 Å². The van der Waals surface area contributed by atoms with E-state index in [0.29, 0.717) is 6.04 Å². The van der Waals surface area contributed by atoms with Crippen molar-refractivity contribution in [2.24, 2.45) is 17.8 Å². The lowest BCUT2D eigenvalue weighted by Crippen LogP contribution is -2.45. The van der Waals surface area contributed by atoms with Gasteiger partial charge in [0.05, 0.1) is 0 Å². The van der Waals surface area contributed by atoms with Crippen LogP contribution in [0.15, 0.2) is 12.7 Å². The summed E-state index contributed by atoms with van der Waals surface area (Å²) >= 11 is 0. The predicted molar refractivity (Wildman–Crippen MR) is 68.1 cm³/mol. The highest BCUT2D eigenvalue weighted by molar-refractivity contribution is 5.87. The summed E-state index contributed by atoms with van der Waals surface area (Å²) in [6.45, 7) is 13.5. The van der Waals surface area contributed by atoms with Crippen molar-refractivity contribution >= 4 is 5.91 Å². The van der Waals surface area contributed by atoms with Gasteiger partial charge < -0.3 is 4.90 Å². The Bertz CT molecular complexity index is 259. The third-order valence-corrected chi connectivity index (χ3v) is 4.17. The summed E-state index contributed by atoms with van der Waals surface area (Å²) in [6.07, 6.45) is 3.71. The lowest BCUT2D eigenvalue weighted by molar-refractivity contribution is -0.130. The van der Waals surface area contributed by atoms with Crippen molar-refractivity contribution in [3.63, 3.8) is 0 Å². The largest absolute Gasteiger partial charge is 0.336 e. The monoisotopic (exact) mass is 223 g/mol. The molecule has 2 nitrogen and oxygen atoms in total. The molecule has 2 unspecified atom stereocenters. The average Bonchev–Trinajstić information content (AvgIpc) is 2.26. The number of carbonyl (C=O) groups excluding carboxylic acids is 1. The molecule has 0 bridgehead atoms. The van der Waals surface area contributed by atoms with E-state index in [1.165, 1.54) is 6.08 Å². The maximum Gasteiger partial charge on any atom is 0.246 e. The fraction of sp³-hybridized carbons (Fsp3) is 0.786. The summed E-state index contributed by atoms with van der Waals surface area (Å²) in [5, 5.41) is 0. The second-order valence-electron chi connectivity index (χ2n) is 5.47. The van der Waals surface area contributed by atoms with Gasteiger partial charge in [-0.3, -0.25) is 4.79 Å². The molecule has 0 N–H and O–H groups in total. The fourth-order valence-corrected chi connectivity index (χ4v) is 2.68. The molecule has 1 aliphatic heterocycles. The van der Waals surface area contributed by atoms with Crippen molar-refractivity contribution < 1.29 is 4.79 Å². The molecule has 2 heteroatoms. The summed E-state index contributed by atoms with van der Waals surface area (Å²) in [6, 6.07) is 0.366. The molecule has 3 atom stereocenters. The number of hydrogen-bond acceptors (Lipinski definition) is 1. The van der Waals surface area contributed by atoms with Crippen LogP contribution < -0.4 is 0 Å². The highest BCUT2D eigenvalue weighted by atomic mass is 16.2. The second kappa shape index (κ2) is 5.51. The van der Waals surface area contributed by atoms with Crippen LogP contribution in [0, 0.1) is 17.8 Å². The number of likely N-dealkylation sites (tertiary alicyclic amines) is 1. The Morgan fingerprint density at radius 2 is 2.06 bits per heavy atom. The van der Waals surface area contributed by atoms with Crippen LogP contribution in [0.5, 0.6) is 0 Å². The molecule has 1 fully saturated rings. The van der Waals surface area contributed by atoms with Gasteiger partial charge in [0.15, 0.2) is 0 Å². The molecule has 92 valence electrons. The zero-order valence-corrected chi connectivity index (χ0v) is 11.1. The van der Waals surface area contributed by atoms with E-state index in [0.717, 1.165) is 37.1 Å². The maximum absolute atomic E-state index is 11.6. The smallest absolute Gasteiger partial charge is 0.246 e. The molecule has 1 heterocycles. The molecule has 0 aromatic carbocycles. The molecule has 0 aromatic rings. The Morgan fingerprint density at radius 1 is 1.44 bits per heavy atom. The van der Waals surface area contributed by atoms with Gasteiger partial charge in [-0.2, -0.15) is 0 Å². The number of hydrogen-bond donors (Lipinski definition) is 0. The number of nitrogens with zero attached hydrogens (tertiary/aromatic N) is 1. The highest BCUT2D eigenvalue weighted by Gasteiger charge is 2.31. The number of piperidine rings is 1. The zero-order valence-electron chi connectivity index (χ0n) is 11.1. The standard InChI is InChI=1S/C14H25NO/c1-6-14(16)15-8-7-13(9-11(15)4)12(5)10(2)3/h6,10-13H,1,7-9H2,2-5H3/t11?,12-,13?/m1/s1. The van der Waals surface area contributed by atoms with Crippen LogP contribution in [0.1, 0.15) is 40.5 Å². The SMILES string of the molecule is C=CC(=O)N1CCC([C@H](C)C(C)C)CC1C. The van der Waals surface area contributed by atoms with Gasteiger partial charge in [0.2, 0.25) is 5.91 Å². The first-order valence-corrected chi connectivity index (χ1v) is 6.40. The van der Waals surface area contributed by atoms with Crippen LogP contribution in [0.2, 0.25) is 0 Å². The third kappa shape index (κ3) is 2.87. The van der Waals surface area contributed by atoms with Crippen LogP contribution in [-0.4, -0.2) is 23.4 Å². The van der Waals surface area contributed by atoms with Gasteiger partial charge in [0.1, 0.15) is 0 Å². The molecule has 0 spiro atoms. The summed E-state index contributed by atoms with van der Waals surface area (Å²) in [7, 11) is 0. The molecule has 0 aliphatic carbocycles. The first kappa shape index (κ1) is 13.3. The Labute approximate surface area is 99.7 Å². The van der Waals surface area contributed by atoms with Gasteiger partial charge in [-0.1, -0.05) is 27.4 Å². The van der Waals surface area contributed by atoms with Crippen molar-refractivity contribution in [2.75, 3.05) is 6.54 Å². The summed E-state index contributed by atoms with van der Waals surface area (Å²) in [4.78, 5) is 13.6. The van der Waals surface area contributed by atoms with Crippen molar-refractivity contribution in [1.82, 2.24) is 4.90 Å². The predicted octanol–water partition coefficient (Wildman–Crippen LogP) is 3.09. The Morgan fingerprint density at radius 3 is 2.50 bits per heavy atom. The lowest BCUT2D eigenvalue weighted by Gasteiger charge is -2.40. The normalized spacial score (nSPS) is 27.9.